The highest BCUT2D eigenvalue weighted by molar-refractivity contribution is 5.97. The average molecular weight is 263 g/mol. The second kappa shape index (κ2) is 5.60. The van der Waals surface area contributed by atoms with Gasteiger partial charge in [0.25, 0.3) is 11.8 Å². The summed E-state index contributed by atoms with van der Waals surface area (Å²) in [5, 5.41) is 0. The number of benzene rings is 1. The standard InChI is InChI=1S/C13H17N3O3/c14-10-5-3-4-9(13(15)18)12(10)19-8-11(17)16-6-1-2-7-16/h3-5H,1-2,6-8,14H2,(H2,15,18). The van der Waals surface area contributed by atoms with Crippen molar-refractivity contribution in [1.82, 2.24) is 4.90 Å². The van der Waals surface area contributed by atoms with Crippen molar-refractivity contribution in [1.29, 1.82) is 0 Å². The number of anilines is 1. The van der Waals surface area contributed by atoms with Crippen LogP contribution in [0.1, 0.15) is 23.2 Å². The molecule has 1 fully saturated rings. The summed E-state index contributed by atoms with van der Waals surface area (Å²) >= 11 is 0. The fraction of sp³-hybridized carbons (Fsp3) is 0.385. The van der Waals surface area contributed by atoms with E-state index < -0.39 is 5.91 Å². The molecule has 0 saturated carbocycles. The molecule has 0 atom stereocenters. The molecule has 6 heteroatoms. The maximum Gasteiger partial charge on any atom is 0.260 e. The molecular weight excluding hydrogens is 246 g/mol. The Bertz CT molecular complexity index is 496. The molecule has 1 aromatic rings. The Morgan fingerprint density at radius 1 is 1.26 bits per heavy atom. The van der Waals surface area contributed by atoms with Crippen LogP contribution in [0.3, 0.4) is 0 Å². The molecule has 1 aliphatic rings. The van der Waals surface area contributed by atoms with Crippen LogP contribution in [0.4, 0.5) is 5.69 Å². The first kappa shape index (κ1) is 13.2. The first-order valence-corrected chi connectivity index (χ1v) is 6.18. The minimum atomic E-state index is -0.629. The summed E-state index contributed by atoms with van der Waals surface area (Å²) < 4.78 is 5.39. The molecule has 6 nitrogen and oxygen atoms in total. The number of amides is 2. The second-order valence-corrected chi connectivity index (χ2v) is 4.46. The first-order chi connectivity index (χ1) is 9.09. The van der Waals surface area contributed by atoms with Crippen molar-refractivity contribution in [3.63, 3.8) is 0 Å². The van der Waals surface area contributed by atoms with Crippen LogP contribution in [0, 0.1) is 0 Å². The van der Waals surface area contributed by atoms with Crippen LogP contribution in [-0.4, -0.2) is 36.4 Å². The molecular formula is C13H17N3O3. The number of nitrogens with two attached hydrogens (primary N) is 2. The topological polar surface area (TPSA) is 98.6 Å². The first-order valence-electron chi connectivity index (χ1n) is 6.18. The van der Waals surface area contributed by atoms with E-state index in [4.69, 9.17) is 16.2 Å². The summed E-state index contributed by atoms with van der Waals surface area (Å²) in [6.07, 6.45) is 2.04. The van der Waals surface area contributed by atoms with Gasteiger partial charge in [0.1, 0.15) is 0 Å². The lowest BCUT2D eigenvalue weighted by Crippen LogP contribution is -2.32. The molecule has 2 rings (SSSR count). The minimum absolute atomic E-state index is 0.101. The van der Waals surface area contributed by atoms with Crippen LogP contribution in [0.25, 0.3) is 0 Å². The largest absolute Gasteiger partial charge is 0.481 e. The highest BCUT2D eigenvalue weighted by Crippen LogP contribution is 2.26. The van der Waals surface area contributed by atoms with E-state index in [1.807, 2.05) is 0 Å². The van der Waals surface area contributed by atoms with Crippen molar-refractivity contribution in [2.45, 2.75) is 12.8 Å². The van der Waals surface area contributed by atoms with E-state index in [0.717, 1.165) is 25.9 Å². The Labute approximate surface area is 111 Å². The highest BCUT2D eigenvalue weighted by atomic mass is 16.5. The van der Waals surface area contributed by atoms with Gasteiger partial charge in [0, 0.05) is 13.1 Å². The van der Waals surface area contributed by atoms with Gasteiger partial charge in [-0.05, 0) is 25.0 Å². The molecule has 2 amide bonds. The van der Waals surface area contributed by atoms with Crippen LogP contribution < -0.4 is 16.2 Å². The molecule has 1 saturated heterocycles. The van der Waals surface area contributed by atoms with Crippen molar-refractivity contribution in [2.75, 3.05) is 25.4 Å². The van der Waals surface area contributed by atoms with Gasteiger partial charge in [0.05, 0.1) is 11.3 Å². The summed E-state index contributed by atoms with van der Waals surface area (Å²) in [5.41, 5.74) is 11.5. The SMILES string of the molecule is NC(=O)c1cccc(N)c1OCC(=O)N1CCCC1. The van der Waals surface area contributed by atoms with Crippen LogP contribution in [0.15, 0.2) is 18.2 Å². The molecule has 0 radical (unpaired) electrons. The van der Waals surface area contributed by atoms with E-state index in [1.165, 1.54) is 6.07 Å². The number of carbonyl (C=O) groups is 2. The summed E-state index contributed by atoms with van der Waals surface area (Å²) in [6.45, 7) is 1.39. The Balaban J connectivity index is 2.06. The van der Waals surface area contributed by atoms with Gasteiger partial charge in [-0.1, -0.05) is 6.07 Å². The number of para-hydroxylation sites is 1. The second-order valence-electron chi connectivity index (χ2n) is 4.46. The van der Waals surface area contributed by atoms with Crippen molar-refractivity contribution < 1.29 is 14.3 Å². The highest BCUT2D eigenvalue weighted by Gasteiger charge is 2.20. The van der Waals surface area contributed by atoms with E-state index in [1.54, 1.807) is 17.0 Å². The van der Waals surface area contributed by atoms with Gasteiger partial charge in [-0.2, -0.15) is 0 Å². The maximum atomic E-state index is 11.9. The van der Waals surface area contributed by atoms with Gasteiger partial charge < -0.3 is 21.1 Å². The Kier molecular flexibility index (Phi) is 3.89. The van der Waals surface area contributed by atoms with Crippen LogP contribution >= 0.6 is 0 Å². The molecule has 0 unspecified atom stereocenters. The molecule has 4 N–H and O–H groups in total. The van der Waals surface area contributed by atoms with E-state index >= 15 is 0 Å². The van der Waals surface area contributed by atoms with Crippen LogP contribution in [0.5, 0.6) is 5.75 Å². The lowest BCUT2D eigenvalue weighted by molar-refractivity contribution is -0.132. The molecule has 1 aliphatic heterocycles. The summed E-state index contributed by atoms with van der Waals surface area (Å²) in [7, 11) is 0. The zero-order valence-electron chi connectivity index (χ0n) is 10.6. The fourth-order valence-electron chi connectivity index (χ4n) is 2.10. The van der Waals surface area contributed by atoms with Gasteiger partial charge in [-0.15, -0.1) is 0 Å². The third-order valence-corrected chi connectivity index (χ3v) is 3.11. The normalized spacial score (nSPS) is 14.4. The molecule has 1 heterocycles. The number of rotatable bonds is 4. The fourth-order valence-corrected chi connectivity index (χ4v) is 2.10. The maximum absolute atomic E-state index is 11.9. The van der Waals surface area contributed by atoms with E-state index in [0.29, 0.717) is 5.69 Å². The number of nitrogens with zero attached hydrogens (tertiary/aromatic N) is 1. The predicted molar refractivity (Wildman–Crippen MR) is 70.7 cm³/mol. The van der Waals surface area contributed by atoms with Gasteiger partial charge >= 0.3 is 0 Å². The van der Waals surface area contributed by atoms with Gasteiger partial charge in [-0.3, -0.25) is 9.59 Å². The molecule has 19 heavy (non-hydrogen) atoms. The number of primary amides is 1. The molecule has 0 bridgehead atoms. The summed E-state index contributed by atoms with van der Waals surface area (Å²) in [4.78, 5) is 24.9. The average Bonchev–Trinajstić information content (AvgIpc) is 2.90. The Hall–Kier alpha value is -2.24. The summed E-state index contributed by atoms with van der Waals surface area (Å²) in [5.74, 6) is -0.547. The number of nitrogen functional groups attached to an aromatic ring is 1. The number of hydrogen-bond acceptors (Lipinski definition) is 4. The zero-order chi connectivity index (χ0) is 13.8. The molecule has 0 spiro atoms. The van der Waals surface area contributed by atoms with Crippen molar-refractivity contribution >= 4 is 17.5 Å². The van der Waals surface area contributed by atoms with Crippen molar-refractivity contribution in [2.24, 2.45) is 5.73 Å². The Morgan fingerprint density at radius 3 is 2.58 bits per heavy atom. The zero-order valence-corrected chi connectivity index (χ0v) is 10.6. The lowest BCUT2D eigenvalue weighted by atomic mass is 10.1. The molecule has 0 aliphatic carbocycles. The molecule has 102 valence electrons. The number of hydrogen-bond donors (Lipinski definition) is 2. The number of likely N-dealkylation sites (tertiary alicyclic amines) is 1. The summed E-state index contributed by atoms with van der Waals surface area (Å²) in [6, 6.07) is 4.74. The third-order valence-electron chi connectivity index (χ3n) is 3.11. The van der Waals surface area contributed by atoms with Gasteiger partial charge in [-0.25, -0.2) is 0 Å². The third kappa shape index (κ3) is 2.96. The van der Waals surface area contributed by atoms with Crippen molar-refractivity contribution in [3.05, 3.63) is 23.8 Å². The van der Waals surface area contributed by atoms with E-state index in [9.17, 15) is 9.59 Å². The van der Waals surface area contributed by atoms with E-state index in [2.05, 4.69) is 0 Å². The number of carbonyl (C=O) groups excluding carboxylic acids is 2. The van der Waals surface area contributed by atoms with E-state index in [-0.39, 0.29) is 23.8 Å². The van der Waals surface area contributed by atoms with Crippen LogP contribution in [0.2, 0.25) is 0 Å². The van der Waals surface area contributed by atoms with Crippen molar-refractivity contribution in [3.8, 4) is 5.75 Å². The number of ether oxygens (including phenoxy) is 1. The lowest BCUT2D eigenvalue weighted by Gasteiger charge is -2.17. The quantitative estimate of drug-likeness (QED) is 0.766. The Morgan fingerprint density at radius 2 is 1.95 bits per heavy atom. The monoisotopic (exact) mass is 263 g/mol. The van der Waals surface area contributed by atoms with Gasteiger partial charge in [0.15, 0.2) is 12.4 Å². The molecule has 0 aromatic heterocycles. The minimum Gasteiger partial charge on any atom is -0.481 e. The van der Waals surface area contributed by atoms with Crippen LogP contribution in [-0.2, 0) is 4.79 Å². The molecule has 1 aromatic carbocycles. The predicted octanol–water partition coefficient (Wildman–Crippen LogP) is 0.369. The smallest absolute Gasteiger partial charge is 0.260 e. The van der Waals surface area contributed by atoms with Gasteiger partial charge in [0.2, 0.25) is 0 Å².